The van der Waals surface area contributed by atoms with Gasteiger partial charge in [-0.15, -0.1) is 0 Å². The maximum Gasteiger partial charge on any atom is 0.472 e. The van der Waals surface area contributed by atoms with Gasteiger partial charge in [0.1, 0.15) is 19.3 Å². The van der Waals surface area contributed by atoms with Crippen LogP contribution in [-0.4, -0.2) is 96.7 Å². The number of aliphatic hydroxyl groups is 1. The first-order valence-corrected chi connectivity index (χ1v) is 45.5. The Morgan fingerprint density at radius 1 is 0.267 bits per heavy atom. The predicted octanol–water partition coefficient (Wildman–Crippen LogP) is 24.7. The van der Waals surface area contributed by atoms with Gasteiger partial charge in [-0.05, 0) is 37.5 Å². The lowest BCUT2D eigenvalue weighted by molar-refractivity contribution is -0.161. The van der Waals surface area contributed by atoms with Crippen molar-refractivity contribution in [2.45, 2.75) is 452 Å². The third-order valence-electron chi connectivity index (χ3n) is 19.2. The van der Waals surface area contributed by atoms with Crippen LogP contribution < -0.4 is 0 Å². The Bertz CT molecular complexity index is 1940. The minimum Gasteiger partial charge on any atom is -0.462 e. The third-order valence-corrected chi connectivity index (χ3v) is 21.1. The zero-order valence-corrected chi connectivity index (χ0v) is 68.0. The number of rotatable bonds is 81. The molecule has 101 heavy (non-hydrogen) atoms. The fraction of sp³-hybridized carbons (Fsp3) is 0.951. The maximum atomic E-state index is 13.1. The second-order valence-corrected chi connectivity index (χ2v) is 33.4. The van der Waals surface area contributed by atoms with E-state index in [2.05, 4.69) is 41.5 Å². The van der Waals surface area contributed by atoms with Gasteiger partial charge in [0.25, 0.3) is 0 Å². The Hall–Kier alpha value is -1.94. The summed E-state index contributed by atoms with van der Waals surface area (Å²) in [5.41, 5.74) is 0. The monoisotopic (exact) mass is 1480 g/mol. The second-order valence-electron chi connectivity index (χ2n) is 30.5. The van der Waals surface area contributed by atoms with Crippen LogP contribution in [0.1, 0.15) is 433 Å². The van der Waals surface area contributed by atoms with Gasteiger partial charge < -0.3 is 33.8 Å². The number of carbonyl (C=O) groups excluding carboxylic acids is 4. The van der Waals surface area contributed by atoms with E-state index >= 15 is 0 Å². The molecule has 19 heteroatoms. The molecule has 0 aromatic rings. The van der Waals surface area contributed by atoms with Gasteiger partial charge in [-0.25, -0.2) is 9.13 Å². The first-order valence-electron chi connectivity index (χ1n) is 42.5. The van der Waals surface area contributed by atoms with Crippen molar-refractivity contribution in [3.05, 3.63) is 0 Å². The summed E-state index contributed by atoms with van der Waals surface area (Å²) in [7, 11) is -9.92. The summed E-state index contributed by atoms with van der Waals surface area (Å²) in [6, 6.07) is 0. The average Bonchev–Trinajstić information content (AvgIpc) is 1.00. The smallest absolute Gasteiger partial charge is 0.462 e. The van der Waals surface area contributed by atoms with E-state index in [0.29, 0.717) is 25.7 Å². The zero-order chi connectivity index (χ0) is 74.2. The van der Waals surface area contributed by atoms with Crippen LogP contribution in [0.3, 0.4) is 0 Å². The molecule has 17 nitrogen and oxygen atoms in total. The van der Waals surface area contributed by atoms with Crippen molar-refractivity contribution in [1.82, 2.24) is 0 Å². The predicted molar refractivity (Wildman–Crippen MR) is 414 cm³/mol. The number of carbonyl (C=O) groups is 4. The molecule has 0 spiro atoms. The summed E-state index contributed by atoms with van der Waals surface area (Å²) in [6.07, 6.45) is 63.8. The van der Waals surface area contributed by atoms with Gasteiger partial charge in [-0.1, -0.05) is 382 Å². The Morgan fingerprint density at radius 3 is 0.673 bits per heavy atom. The minimum absolute atomic E-state index is 0.107. The summed E-state index contributed by atoms with van der Waals surface area (Å²) in [5.74, 6) is -0.530. The van der Waals surface area contributed by atoms with E-state index in [0.717, 1.165) is 102 Å². The van der Waals surface area contributed by atoms with E-state index in [4.69, 9.17) is 37.0 Å². The van der Waals surface area contributed by atoms with Crippen LogP contribution in [-0.2, 0) is 65.4 Å². The van der Waals surface area contributed by atoms with Crippen LogP contribution in [0.25, 0.3) is 0 Å². The molecule has 0 aromatic heterocycles. The van der Waals surface area contributed by atoms with Gasteiger partial charge in [-0.3, -0.25) is 37.3 Å². The first kappa shape index (κ1) is 99.1. The van der Waals surface area contributed by atoms with Crippen LogP contribution in [0.15, 0.2) is 0 Å². The lowest BCUT2D eigenvalue weighted by Gasteiger charge is -2.21. The topological polar surface area (TPSA) is 237 Å². The maximum absolute atomic E-state index is 13.1. The molecule has 0 heterocycles. The molecule has 0 aliphatic carbocycles. The van der Waals surface area contributed by atoms with Gasteiger partial charge in [0.2, 0.25) is 0 Å². The Labute approximate surface area is 619 Å². The van der Waals surface area contributed by atoms with Gasteiger partial charge >= 0.3 is 39.5 Å². The molecule has 0 aromatic carbocycles. The molecule has 2 unspecified atom stereocenters. The summed E-state index contributed by atoms with van der Waals surface area (Å²) >= 11 is 0. The number of hydrogen-bond donors (Lipinski definition) is 3. The highest BCUT2D eigenvalue weighted by Crippen LogP contribution is 2.45. The van der Waals surface area contributed by atoms with Gasteiger partial charge in [0, 0.05) is 25.7 Å². The summed E-state index contributed by atoms with van der Waals surface area (Å²) < 4.78 is 68.7. The molecule has 0 bridgehead atoms. The van der Waals surface area contributed by atoms with Crippen molar-refractivity contribution in [2.75, 3.05) is 39.6 Å². The van der Waals surface area contributed by atoms with Crippen molar-refractivity contribution in [3.8, 4) is 0 Å². The number of aliphatic hydroxyl groups excluding tert-OH is 1. The van der Waals surface area contributed by atoms with E-state index < -0.39 is 97.5 Å². The molecule has 0 aliphatic heterocycles. The number of phosphoric ester groups is 2. The number of ether oxygens (including phenoxy) is 4. The van der Waals surface area contributed by atoms with Crippen molar-refractivity contribution in [2.24, 2.45) is 11.8 Å². The van der Waals surface area contributed by atoms with Crippen molar-refractivity contribution >= 4 is 39.5 Å². The number of phosphoric acid groups is 2. The zero-order valence-electron chi connectivity index (χ0n) is 66.2. The molecule has 0 rings (SSSR count). The van der Waals surface area contributed by atoms with E-state index in [1.54, 1.807) is 0 Å². The first-order chi connectivity index (χ1) is 48.9. The van der Waals surface area contributed by atoms with Gasteiger partial charge in [0.05, 0.1) is 26.4 Å². The molecule has 0 amide bonds. The SMILES string of the molecule is CCCCCCCCCCCCCCCCCCCCCCC(=O)O[C@H](COC(=O)CCCCCCCCCCCCCCCC(C)C)COP(=O)(O)OC[C@@H](O)COP(=O)(O)OC[C@@H](COC(=O)CCCCCCCCCCC)OC(=O)CCCCCCCCCCCCCCCC(C)C. The van der Waals surface area contributed by atoms with Crippen LogP contribution in [0.2, 0.25) is 0 Å². The Balaban J connectivity index is 5.22. The minimum atomic E-state index is -4.96. The summed E-state index contributed by atoms with van der Waals surface area (Å²) in [5, 5.41) is 10.6. The molecule has 0 aliphatic rings. The number of esters is 4. The quantitative estimate of drug-likeness (QED) is 0.0222. The molecule has 0 saturated carbocycles. The van der Waals surface area contributed by atoms with E-state index in [1.165, 1.54) is 250 Å². The average molecular weight is 1480 g/mol. The molecule has 0 fully saturated rings. The molecule has 600 valence electrons. The Kier molecular flexibility index (Phi) is 72.2. The van der Waals surface area contributed by atoms with E-state index in [9.17, 15) is 43.2 Å². The summed E-state index contributed by atoms with van der Waals surface area (Å²) in [6.45, 7) is 9.66. The van der Waals surface area contributed by atoms with Gasteiger partial charge in [0.15, 0.2) is 12.2 Å². The lowest BCUT2D eigenvalue weighted by Crippen LogP contribution is -2.30. The van der Waals surface area contributed by atoms with Gasteiger partial charge in [-0.2, -0.15) is 0 Å². The highest BCUT2D eigenvalue weighted by Gasteiger charge is 2.30. The van der Waals surface area contributed by atoms with Crippen LogP contribution in [0.5, 0.6) is 0 Å². The van der Waals surface area contributed by atoms with Crippen LogP contribution in [0, 0.1) is 11.8 Å². The third kappa shape index (κ3) is 76.1. The second kappa shape index (κ2) is 73.6. The van der Waals surface area contributed by atoms with E-state index in [1.807, 2.05) is 0 Å². The molecule has 5 atom stereocenters. The number of unbranched alkanes of at least 4 members (excludes halogenated alkanes) is 51. The van der Waals surface area contributed by atoms with Crippen LogP contribution >= 0.6 is 15.6 Å². The van der Waals surface area contributed by atoms with Crippen molar-refractivity contribution in [3.63, 3.8) is 0 Å². The highest BCUT2D eigenvalue weighted by atomic mass is 31.2. The standard InChI is InChI=1S/C82H160O17P2/c1-7-9-11-13-15-17-18-19-20-21-22-23-24-25-30-36-42-48-54-60-66-81(86)99-78(71-93-80(85)65-59-53-47-41-35-31-26-28-33-39-44-50-56-62-74(3)4)73-97-101(90,91)95-69-76(83)68-94-100(88,89)96-72-77(70-92-79(84)64-58-52-46-38-16-14-12-10-8-2)98-82(87)67-61-55-49-43-37-32-27-29-34-40-45-51-57-63-75(5)6/h74-78,83H,7-73H2,1-6H3,(H,88,89)(H,90,91)/t76-,77+,78+/m0/s1. The van der Waals surface area contributed by atoms with Crippen molar-refractivity contribution in [1.29, 1.82) is 0 Å². The lowest BCUT2D eigenvalue weighted by atomic mass is 10.0. The van der Waals surface area contributed by atoms with Crippen molar-refractivity contribution < 1.29 is 80.2 Å². The molecule has 3 N–H and O–H groups in total. The fourth-order valence-corrected chi connectivity index (χ4v) is 14.3. The highest BCUT2D eigenvalue weighted by molar-refractivity contribution is 7.47. The van der Waals surface area contributed by atoms with E-state index in [-0.39, 0.29) is 25.7 Å². The molecule has 0 radical (unpaired) electrons. The van der Waals surface area contributed by atoms with Crippen LogP contribution in [0.4, 0.5) is 0 Å². The molecular weight excluding hydrogens is 1320 g/mol. The number of hydrogen-bond acceptors (Lipinski definition) is 15. The largest absolute Gasteiger partial charge is 0.472 e. The fourth-order valence-electron chi connectivity index (χ4n) is 12.7. The normalized spacial score (nSPS) is 13.9. The Morgan fingerprint density at radius 2 is 0.455 bits per heavy atom. The molecular formula is C82H160O17P2. The summed E-state index contributed by atoms with van der Waals surface area (Å²) in [4.78, 5) is 73.0. The molecule has 0 saturated heterocycles.